The molecule has 1 aliphatic rings. The Balaban J connectivity index is 2.22. The van der Waals surface area contributed by atoms with Crippen molar-refractivity contribution < 1.29 is 0 Å². The Morgan fingerprint density at radius 1 is 1.17 bits per heavy atom. The number of benzene rings is 1. The van der Waals surface area contributed by atoms with Gasteiger partial charge in [-0.05, 0) is 37.5 Å². The minimum absolute atomic E-state index is 0.599. The van der Waals surface area contributed by atoms with Gasteiger partial charge in [0, 0.05) is 13.1 Å². The fourth-order valence-corrected chi connectivity index (χ4v) is 2.89. The number of nitrogens with zero attached hydrogens (tertiary/aromatic N) is 2. The van der Waals surface area contributed by atoms with Crippen LogP contribution in [0.1, 0.15) is 49.7 Å². The van der Waals surface area contributed by atoms with E-state index in [0.717, 1.165) is 16.8 Å². The molecule has 0 spiro atoms. The van der Waals surface area contributed by atoms with Crippen LogP contribution >= 0.6 is 0 Å². The molecule has 0 saturated heterocycles. The molecule has 1 aliphatic carbocycles. The molecule has 1 saturated carbocycles. The minimum Gasteiger partial charge on any atom is -0.371 e. The normalized spacial score (nSPS) is 16.9. The van der Waals surface area contributed by atoms with E-state index in [1.165, 1.54) is 38.5 Å². The number of hydrogen-bond donors (Lipinski definition) is 0. The van der Waals surface area contributed by atoms with E-state index in [9.17, 15) is 5.26 Å². The van der Waals surface area contributed by atoms with Crippen LogP contribution in [0.25, 0.3) is 0 Å². The zero-order chi connectivity index (χ0) is 13.0. The highest BCUT2D eigenvalue weighted by Crippen LogP contribution is 2.28. The molecule has 0 amide bonds. The Hall–Kier alpha value is -1.49. The van der Waals surface area contributed by atoms with Crippen molar-refractivity contribution in [2.45, 2.75) is 51.5 Å². The fourth-order valence-electron chi connectivity index (χ4n) is 2.89. The third-order valence-corrected chi connectivity index (χ3v) is 4.02. The summed E-state index contributed by atoms with van der Waals surface area (Å²) in [6, 6.07) is 9.11. The van der Waals surface area contributed by atoms with Gasteiger partial charge in [-0.15, -0.1) is 0 Å². The van der Waals surface area contributed by atoms with E-state index in [1.807, 2.05) is 13.0 Å². The summed E-state index contributed by atoms with van der Waals surface area (Å²) in [5.74, 6) is 0. The van der Waals surface area contributed by atoms with E-state index in [-0.39, 0.29) is 0 Å². The Morgan fingerprint density at radius 2 is 1.83 bits per heavy atom. The number of anilines is 1. The lowest BCUT2D eigenvalue weighted by atomic mass is 10.0. The molecule has 2 nitrogen and oxygen atoms in total. The van der Waals surface area contributed by atoms with Crippen LogP contribution < -0.4 is 4.90 Å². The third kappa shape index (κ3) is 2.85. The smallest absolute Gasteiger partial charge is 0.101 e. The highest BCUT2D eigenvalue weighted by atomic mass is 15.1. The van der Waals surface area contributed by atoms with Gasteiger partial charge < -0.3 is 4.90 Å². The zero-order valence-electron chi connectivity index (χ0n) is 11.4. The number of hydrogen-bond acceptors (Lipinski definition) is 2. The lowest BCUT2D eigenvalue weighted by molar-refractivity contribution is 0.553. The van der Waals surface area contributed by atoms with E-state index in [1.54, 1.807) is 0 Å². The maximum atomic E-state index is 9.27. The quantitative estimate of drug-likeness (QED) is 0.732. The Morgan fingerprint density at radius 3 is 2.44 bits per heavy atom. The molecule has 2 heteroatoms. The van der Waals surface area contributed by atoms with Crippen molar-refractivity contribution in [1.29, 1.82) is 5.26 Å². The summed E-state index contributed by atoms with van der Waals surface area (Å²) in [5.41, 5.74) is 3.06. The van der Waals surface area contributed by atoms with Crippen LogP contribution in [0.3, 0.4) is 0 Å². The second kappa shape index (κ2) is 5.91. The Labute approximate surface area is 110 Å². The van der Waals surface area contributed by atoms with Crippen molar-refractivity contribution in [3.8, 4) is 6.07 Å². The molecule has 2 rings (SSSR count). The summed E-state index contributed by atoms with van der Waals surface area (Å²) in [7, 11) is 2.14. The summed E-state index contributed by atoms with van der Waals surface area (Å²) in [5, 5.41) is 9.27. The molecule has 0 aromatic heterocycles. The van der Waals surface area contributed by atoms with Gasteiger partial charge in [-0.2, -0.15) is 5.26 Å². The lowest BCUT2D eigenvalue weighted by Gasteiger charge is -2.30. The van der Waals surface area contributed by atoms with E-state index >= 15 is 0 Å². The molecule has 18 heavy (non-hydrogen) atoms. The summed E-state index contributed by atoms with van der Waals surface area (Å²) >= 11 is 0. The molecule has 1 aromatic carbocycles. The number of nitriles is 1. The molecule has 0 unspecified atom stereocenters. The van der Waals surface area contributed by atoms with Gasteiger partial charge in [-0.3, -0.25) is 0 Å². The van der Waals surface area contributed by atoms with Gasteiger partial charge in [-0.1, -0.05) is 31.7 Å². The first kappa shape index (κ1) is 13.0. The van der Waals surface area contributed by atoms with Crippen molar-refractivity contribution >= 4 is 5.69 Å². The van der Waals surface area contributed by atoms with E-state index in [2.05, 4.69) is 30.1 Å². The fraction of sp³-hybridized carbons (Fsp3) is 0.562. The van der Waals surface area contributed by atoms with Gasteiger partial charge in [0.05, 0.1) is 11.3 Å². The Kier molecular flexibility index (Phi) is 4.25. The topological polar surface area (TPSA) is 27.0 Å². The molecule has 1 aromatic rings. The van der Waals surface area contributed by atoms with Crippen LogP contribution in [-0.4, -0.2) is 13.1 Å². The van der Waals surface area contributed by atoms with Crippen molar-refractivity contribution in [2.75, 3.05) is 11.9 Å². The van der Waals surface area contributed by atoms with Gasteiger partial charge in [0.25, 0.3) is 0 Å². The summed E-state index contributed by atoms with van der Waals surface area (Å²) in [4.78, 5) is 2.32. The molecular weight excluding hydrogens is 220 g/mol. The second-order valence-corrected chi connectivity index (χ2v) is 5.39. The van der Waals surface area contributed by atoms with Crippen LogP contribution in [0.15, 0.2) is 18.2 Å². The average molecular weight is 242 g/mol. The van der Waals surface area contributed by atoms with Crippen LogP contribution in [0.2, 0.25) is 0 Å². The molecule has 1 fully saturated rings. The second-order valence-electron chi connectivity index (χ2n) is 5.39. The van der Waals surface area contributed by atoms with Gasteiger partial charge in [0.15, 0.2) is 0 Å². The van der Waals surface area contributed by atoms with Gasteiger partial charge in [0.2, 0.25) is 0 Å². The monoisotopic (exact) mass is 242 g/mol. The summed E-state index contributed by atoms with van der Waals surface area (Å²) in [6.07, 6.45) is 7.89. The third-order valence-electron chi connectivity index (χ3n) is 4.02. The summed E-state index contributed by atoms with van der Waals surface area (Å²) in [6.45, 7) is 2.04. The van der Waals surface area contributed by atoms with Gasteiger partial charge in [-0.25, -0.2) is 0 Å². The predicted octanol–water partition coefficient (Wildman–Crippen LogP) is 4.03. The molecule has 0 heterocycles. The lowest BCUT2D eigenvalue weighted by Crippen LogP contribution is -2.31. The summed E-state index contributed by atoms with van der Waals surface area (Å²) < 4.78 is 0. The first-order valence-electron chi connectivity index (χ1n) is 6.96. The van der Waals surface area contributed by atoms with Gasteiger partial charge in [0.1, 0.15) is 6.07 Å². The first-order valence-corrected chi connectivity index (χ1v) is 6.96. The molecule has 0 radical (unpaired) electrons. The van der Waals surface area contributed by atoms with Crippen LogP contribution in [0, 0.1) is 18.3 Å². The van der Waals surface area contributed by atoms with Crippen LogP contribution in [-0.2, 0) is 0 Å². The van der Waals surface area contributed by atoms with Crippen LogP contribution in [0.4, 0.5) is 5.69 Å². The molecule has 0 N–H and O–H groups in total. The predicted molar refractivity (Wildman–Crippen MR) is 75.8 cm³/mol. The van der Waals surface area contributed by atoms with Crippen molar-refractivity contribution in [2.24, 2.45) is 0 Å². The van der Waals surface area contributed by atoms with Crippen molar-refractivity contribution in [3.63, 3.8) is 0 Å². The van der Waals surface area contributed by atoms with Crippen molar-refractivity contribution in [1.82, 2.24) is 0 Å². The maximum Gasteiger partial charge on any atom is 0.101 e. The molecule has 0 bridgehead atoms. The van der Waals surface area contributed by atoms with Gasteiger partial charge >= 0.3 is 0 Å². The average Bonchev–Trinajstić information content (AvgIpc) is 2.66. The standard InChI is InChI=1S/C16H22N2/c1-13-9-10-16(14(11-13)12-17)18(2)15-7-5-3-4-6-8-15/h9-11,15H,3-8H2,1-2H3. The molecular formula is C16H22N2. The molecule has 96 valence electrons. The Bertz CT molecular complexity index is 437. The highest BCUT2D eigenvalue weighted by molar-refractivity contribution is 5.60. The minimum atomic E-state index is 0.599. The number of aryl methyl sites for hydroxylation is 1. The molecule has 0 aliphatic heterocycles. The maximum absolute atomic E-state index is 9.27. The van der Waals surface area contributed by atoms with Crippen LogP contribution in [0.5, 0.6) is 0 Å². The SMILES string of the molecule is Cc1ccc(N(C)C2CCCCCC2)c(C#N)c1. The zero-order valence-corrected chi connectivity index (χ0v) is 11.4. The first-order chi connectivity index (χ1) is 8.72. The number of rotatable bonds is 2. The van der Waals surface area contributed by atoms with E-state index in [4.69, 9.17) is 0 Å². The van der Waals surface area contributed by atoms with E-state index in [0.29, 0.717) is 6.04 Å². The largest absolute Gasteiger partial charge is 0.371 e. The molecule has 0 atom stereocenters. The van der Waals surface area contributed by atoms with Crippen molar-refractivity contribution in [3.05, 3.63) is 29.3 Å². The highest BCUT2D eigenvalue weighted by Gasteiger charge is 2.19. The van der Waals surface area contributed by atoms with E-state index < -0.39 is 0 Å².